The van der Waals surface area contributed by atoms with E-state index >= 15 is 0 Å². The lowest BCUT2D eigenvalue weighted by Gasteiger charge is -2.18. The van der Waals surface area contributed by atoms with Gasteiger partial charge in [0.2, 0.25) is 5.91 Å². The van der Waals surface area contributed by atoms with Gasteiger partial charge in [-0.05, 0) is 24.7 Å². The summed E-state index contributed by atoms with van der Waals surface area (Å²) in [5.74, 6) is -0.0434. The first-order chi connectivity index (χ1) is 9.08. The van der Waals surface area contributed by atoms with Crippen molar-refractivity contribution in [1.82, 2.24) is 10.6 Å². The largest absolute Gasteiger partial charge is 0.375 e. The van der Waals surface area contributed by atoms with Crippen molar-refractivity contribution in [2.45, 2.75) is 13.0 Å². The lowest BCUT2D eigenvalue weighted by Crippen LogP contribution is -2.36. The second-order valence-corrected chi connectivity index (χ2v) is 4.92. The minimum Gasteiger partial charge on any atom is -0.375 e. The number of amides is 1. The Morgan fingerprint density at radius 2 is 1.90 bits per heavy atom. The molecule has 0 saturated carbocycles. The van der Waals surface area contributed by atoms with Crippen LogP contribution in [0.15, 0.2) is 24.3 Å². The molecule has 0 heterocycles. The predicted octanol–water partition coefficient (Wildman–Crippen LogP) is 2.42. The highest BCUT2D eigenvalue weighted by molar-refractivity contribution is 6.30. The maximum absolute atomic E-state index is 11.8. The van der Waals surface area contributed by atoms with Crippen LogP contribution in [0.5, 0.6) is 0 Å². The Bertz CT molecular complexity index is 399. The van der Waals surface area contributed by atoms with Gasteiger partial charge in [-0.25, -0.2) is 0 Å². The number of methoxy groups -OCH3 is 1. The average molecular weight is 321 g/mol. The maximum Gasteiger partial charge on any atom is 0.224 e. The predicted molar refractivity (Wildman–Crippen MR) is 84.6 cm³/mol. The smallest absolute Gasteiger partial charge is 0.224 e. The quantitative estimate of drug-likeness (QED) is 0.811. The molecule has 1 rings (SSSR count). The van der Waals surface area contributed by atoms with Crippen LogP contribution < -0.4 is 10.6 Å². The molecule has 6 heteroatoms. The third kappa shape index (κ3) is 6.09. The maximum atomic E-state index is 11.8. The van der Waals surface area contributed by atoms with E-state index in [1.165, 1.54) is 0 Å². The van der Waals surface area contributed by atoms with Gasteiger partial charge in [0.25, 0.3) is 0 Å². The zero-order valence-corrected chi connectivity index (χ0v) is 13.6. The second-order valence-electron chi connectivity index (χ2n) is 4.48. The molecular weight excluding hydrogens is 299 g/mol. The van der Waals surface area contributed by atoms with Crippen LogP contribution in [-0.2, 0) is 9.53 Å². The van der Waals surface area contributed by atoms with Crippen molar-refractivity contribution in [2.24, 2.45) is 5.92 Å². The zero-order valence-electron chi connectivity index (χ0n) is 12.0. The van der Waals surface area contributed by atoms with Crippen molar-refractivity contribution in [1.29, 1.82) is 0 Å². The molecule has 2 atom stereocenters. The lowest BCUT2D eigenvalue weighted by atomic mass is 10.1. The van der Waals surface area contributed by atoms with Crippen LogP contribution in [0, 0.1) is 5.92 Å². The van der Waals surface area contributed by atoms with Crippen LogP contribution in [-0.4, -0.2) is 33.2 Å². The number of carbonyl (C=O) groups excluding carboxylic acids is 1. The fourth-order valence-electron chi connectivity index (χ4n) is 1.78. The summed E-state index contributed by atoms with van der Waals surface area (Å²) in [6, 6.07) is 7.43. The summed E-state index contributed by atoms with van der Waals surface area (Å²) in [4.78, 5) is 11.8. The van der Waals surface area contributed by atoms with Crippen LogP contribution >= 0.6 is 24.0 Å². The molecule has 2 N–H and O–H groups in total. The first-order valence-electron chi connectivity index (χ1n) is 6.29. The molecule has 1 aromatic carbocycles. The molecule has 0 aliphatic heterocycles. The summed E-state index contributed by atoms with van der Waals surface area (Å²) in [6.45, 7) is 2.99. The van der Waals surface area contributed by atoms with E-state index in [2.05, 4.69) is 10.6 Å². The van der Waals surface area contributed by atoms with E-state index in [4.69, 9.17) is 16.3 Å². The van der Waals surface area contributed by atoms with Gasteiger partial charge in [0, 0.05) is 31.1 Å². The molecule has 4 nitrogen and oxygen atoms in total. The summed E-state index contributed by atoms with van der Waals surface area (Å²) >= 11 is 5.85. The Balaban J connectivity index is 0.00000361. The van der Waals surface area contributed by atoms with Gasteiger partial charge in [0.15, 0.2) is 0 Å². The SMILES string of the molecule is CNCC(C)C(=O)NCC(OC)c1ccc(Cl)cc1.Cl. The van der Waals surface area contributed by atoms with Crippen LogP contribution in [0.25, 0.3) is 0 Å². The van der Waals surface area contributed by atoms with E-state index in [1.807, 2.05) is 38.2 Å². The number of rotatable bonds is 7. The fraction of sp³-hybridized carbons (Fsp3) is 0.500. The highest BCUT2D eigenvalue weighted by Crippen LogP contribution is 2.18. The molecule has 1 aromatic rings. The van der Waals surface area contributed by atoms with E-state index in [0.717, 1.165) is 5.56 Å². The van der Waals surface area contributed by atoms with Crippen molar-refractivity contribution >= 4 is 29.9 Å². The Kier molecular flexibility index (Phi) is 9.59. The summed E-state index contributed by atoms with van der Waals surface area (Å²) in [7, 11) is 3.46. The zero-order chi connectivity index (χ0) is 14.3. The van der Waals surface area contributed by atoms with Gasteiger partial charge in [0.05, 0.1) is 6.10 Å². The van der Waals surface area contributed by atoms with Crippen molar-refractivity contribution in [3.8, 4) is 0 Å². The van der Waals surface area contributed by atoms with Gasteiger partial charge >= 0.3 is 0 Å². The molecule has 0 radical (unpaired) electrons. The Morgan fingerprint density at radius 1 is 1.30 bits per heavy atom. The Hall–Kier alpha value is -0.810. The molecule has 0 aliphatic rings. The van der Waals surface area contributed by atoms with Gasteiger partial charge in [-0.3, -0.25) is 4.79 Å². The number of ether oxygens (including phenoxy) is 1. The number of hydrogen-bond acceptors (Lipinski definition) is 3. The second kappa shape index (κ2) is 10.00. The van der Waals surface area contributed by atoms with Crippen molar-refractivity contribution in [3.05, 3.63) is 34.9 Å². The van der Waals surface area contributed by atoms with Gasteiger partial charge in [-0.1, -0.05) is 30.7 Å². The summed E-state index contributed by atoms with van der Waals surface area (Å²) < 4.78 is 5.39. The third-order valence-corrected chi connectivity index (χ3v) is 3.20. The third-order valence-electron chi connectivity index (χ3n) is 2.95. The molecule has 0 bridgehead atoms. The summed E-state index contributed by atoms with van der Waals surface area (Å²) in [5.41, 5.74) is 0.994. The van der Waals surface area contributed by atoms with Crippen LogP contribution in [0.1, 0.15) is 18.6 Å². The Labute approximate surface area is 131 Å². The number of hydrogen-bond donors (Lipinski definition) is 2. The molecule has 0 spiro atoms. The van der Waals surface area contributed by atoms with Crippen molar-refractivity contribution in [3.63, 3.8) is 0 Å². The van der Waals surface area contributed by atoms with Crippen LogP contribution in [0.2, 0.25) is 5.02 Å². The number of benzene rings is 1. The van der Waals surface area contributed by atoms with Crippen LogP contribution in [0.4, 0.5) is 0 Å². The normalized spacial score (nSPS) is 13.2. The van der Waals surface area contributed by atoms with Gasteiger partial charge in [0.1, 0.15) is 0 Å². The number of carbonyl (C=O) groups is 1. The summed E-state index contributed by atoms with van der Waals surface area (Å²) in [5, 5.41) is 6.56. The van der Waals surface area contributed by atoms with E-state index in [0.29, 0.717) is 18.1 Å². The minimum atomic E-state index is -0.164. The minimum absolute atomic E-state index is 0. The first kappa shape index (κ1) is 19.2. The highest BCUT2D eigenvalue weighted by atomic mass is 35.5. The van der Waals surface area contributed by atoms with E-state index in [9.17, 15) is 4.79 Å². The van der Waals surface area contributed by atoms with Gasteiger partial charge in [-0.15, -0.1) is 12.4 Å². The molecule has 2 unspecified atom stereocenters. The van der Waals surface area contributed by atoms with Gasteiger partial charge < -0.3 is 15.4 Å². The topological polar surface area (TPSA) is 50.4 Å². The Morgan fingerprint density at radius 3 is 2.40 bits per heavy atom. The molecule has 0 fully saturated rings. The lowest BCUT2D eigenvalue weighted by molar-refractivity contribution is -0.124. The first-order valence-corrected chi connectivity index (χ1v) is 6.66. The van der Waals surface area contributed by atoms with E-state index in [1.54, 1.807) is 7.11 Å². The van der Waals surface area contributed by atoms with Gasteiger partial charge in [-0.2, -0.15) is 0 Å². The monoisotopic (exact) mass is 320 g/mol. The average Bonchev–Trinajstić information content (AvgIpc) is 2.41. The fourth-order valence-corrected chi connectivity index (χ4v) is 1.91. The molecule has 20 heavy (non-hydrogen) atoms. The molecule has 1 amide bonds. The number of halogens is 2. The summed E-state index contributed by atoms with van der Waals surface area (Å²) in [6.07, 6.45) is -0.164. The molecular formula is C14H22Cl2N2O2. The standard InChI is InChI=1S/C14H21ClN2O2.ClH/c1-10(8-16-2)14(18)17-9-13(19-3)11-4-6-12(15)7-5-11;/h4-7,10,13,16H,8-9H2,1-3H3,(H,17,18);1H. The molecule has 114 valence electrons. The van der Waals surface area contributed by atoms with E-state index in [-0.39, 0.29) is 30.3 Å². The molecule has 0 aromatic heterocycles. The molecule has 0 aliphatic carbocycles. The van der Waals surface area contributed by atoms with Crippen molar-refractivity contribution in [2.75, 3.05) is 27.2 Å². The van der Waals surface area contributed by atoms with Crippen molar-refractivity contribution < 1.29 is 9.53 Å². The number of nitrogens with one attached hydrogen (secondary N) is 2. The van der Waals surface area contributed by atoms with E-state index < -0.39 is 0 Å². The van der Waals surface area contributed by atoms with Crippen LogP contribution in [0.3, 0.4) is 0 Å². The highest BCUT2D eigenvalue weighted by Gasteiger charge is 2.15. The molecule has 0 saturated heterocycles.